The lowest BCUT2D eigenvalue weighted by Crippen LogP contribution is -2.45. The van der Waals surface area contributed by atoms with Gasteiger partial charge >= 0.3 is 6.18 Å². The molecule has 20 heavy (non-hydrogen) atoms. The summed E-state index contributed by atoms with van der Waals surface area (Å²) in [6, 6.07) is 2.28. The first-order valence-electron chi connectivity index (χ1n) is 6.48. The summed E-state index contributed by atoms with van der Waals surface area (Å²) < 4.78 is 42.8. The monoisotopic (exact) mass is 289 g/mol. The molecule has 7 heteroatoms. The molecule has 1 fully saturated rings. The van der Waals surface area contributed by atoms with E-state index in [1.807, 2.05) is 19.1 Å². The average Bonchev–Trinajstić information content (AvgIpc) is 2.39. The Kier molecular flexibility index (Phi) is 4.49. The predicted octanol–water partition coefficient (Wildman–Crippen LogP) is 2.42. The number of aromatic nitrogens is 1. The van der Waals surface area contributed by atoms with Gasteiger partial charge in [-0.1, -0.05) is 0 Å². The van der Waals surface area contributed by atoms with Crippen molar-refractivity contribution in [3.8, 4) is 5.88 Å². The maximum Gasteiger partial charge on any atom is 0.417 e. The highest BCUT2D eigenvalue weighted by Crippen LogP contribution is 2.29. The molecule has 4 nitrogen and oxygen atoms in total. The minimum Gasteiger partial charge on any atom is -0.474 e. The molecule has 0 N–H and O–H groups in total. The van der Waals surface area contributed by atoms with Crippen LogP contribution in [0.2, 0.25) is 0 Å². The number of piperidine rings is 1. The van der Waals surface area contributed by atoms with Gasteiger partial charge in [-0.3, -0.25) is 0 Å². The van der Waals surface area contributed by atoms with Gasteiger partial charge in [0.2, 0.25) is 5.88 Å². The van der Waals surface area contributed by atoms with Crippen LogP contribution in [-0.2, 0) is 6.18 Å². The normalized spacial score (nSPS) is 18.5. The molecule has 112 valence electrons. The van der Waals surface area contributed by atoms with Gasteiger partial charge in [-0.15, -0.1) is 0 Å². The number of rotatable bonds is 3. The second-order valence-electron chi connectivity index (χ2n) is 5.00. The van der Waals surface area contributed by atoms with Crippen molar-refractivity contribution in [3.05, 3.63) is 23.9 Å². The summed E-state index contributed by atoms with van der Waals surface area (Å²) in [7, 11) is 3.97. The summed E-state index contributed by atoms with van der Waals surface area (Å²) in [5.74, 6) is 0.251. The Hall–Kier alpha value is -1.34. The third-order valence-electron chi connectivity index (χ3n) is 3.34. The van der Waals surface area contributed by atoms with Crippen LogP contribution in [0.5, 0.6) is 5.88 Å². The highest BCUT2D eigenvalue weighted by Gasteiger charge is 2.31. The van der Waals surface area contributed by atoms with Gasteiger partial charge in [0.15, 0.2) is 0 Å². The fourth-order valence-corrected chi connectivity index (χ4v) is 2.15. The maximum absolute atomic E-state index is 12.4. The molecule has 0 radical (unpaired) electrons. The molecule has 0 spiro atoms. The van der Waals surface area contributed by atoms with E-state index in [4.69, 9.17) is 4.74 Å². The lowest BCUT2D eigenvalue weighted by atomic mass is 10.1. The Morgan fingerprint density at radius 2 is 1.90 bits per heavy atom. The van der Waals surface area contributed by atoms with Crippen molar-refractivity contribution in [1.29, 1.82) is 0 Å². The molecular formula is C13H18F3N3O. The van der Waals surface area contributed by atoms with E-state index >= 15 is 0 Å². The second-order valence-corrected chi connectivity index (χ2v) is 5.00. The van der Waals surface area contributed by atoms with Crippen LogP contribution in [0.25, 0.3) is 0 Å². The molecule has 0 aromatic carbocycles. The van der Waals surface area contributed by atoms with Gasteiger partial charge in [-0.25, -0.2) is 15.0 Å². The van der Waals surface area contributed by atoms with Gasteiger partial charge < -0.3 is 4.74 Å². The molecule has 0 bridgehead atoms. The summed E-state index contributed by atoms with van der Waals surface area (Å²) in [6.07, 6.45) is -1.87. The zero-order chi connectivity index (χ0) is 14.8. The molecule has 2 heterocycles. The Balaban J connectivity index is 1.89. The third-order valence-corrected chi connectivity index (χ3v) is 3.34. The highest BCUT2D eigenvalue weighted by molar-refractivity contribution is 5.20. The topological polar surface area (TPSA) is 28.6 Å². The van der Waals surface area contributed by atoms with E-state index in [2.05, 4.69) is 9.99 Å². The van der Waals surface area contributed by atoms with Crippen molar-refractivity contribution in [2.45, 2.75) is 25.1 Å². The van der Waals surface area contributed by atoms with E-state index in [1.165, 1.54) is 6.07 Å². The lowest BCUT2D eigenvalue weighted by molar-refractivity contribution is -0.137. The molecule has 0 aliphatic carbocycles. The zero-order valence-corrected chi connectivity index (χ0v) is 11.5. The zero-order valence-electron chi connectivity index (χ0n) is 11.5. The van der Waals surface area contributed by atoms with Gasteiger partial charge in [0.25, 0.3) is 0 Å². The van der Waals surface area contributed by atoms with Crippen molar-refractivity contribution in [2.24, 2.45) is 0 Å². The number of alkyl halides is 3. The van der Waals surface area contributed by atoms with Crippen molar-refractivity contribution >= 4 is 0 Å². The van der Waals surface area contributed by atoms with E-state index in [0.717, 1.165) is 38.2 Å². The molecule has 2 rings (SSSR count). The van der Waals surface area contributed by atoms with Crippen LogP contribution in [0.1, 0.15) is 18.4 Å². The molecule has 0 atom stereocenters. The third kappa shape index (κ3) is 3.83. The van der Waals surface area contributed by atoms with Crippen LogP contribution in [-0.4, -0.2) is 48.3 Å². The summed E-state index contributed by atoms with van der Waals surface area (Å²) in [6.45, 7) is 1.75. The van der Waals surface area contributed by atoms with E-state index < -0.39 is 11.7 Å². The summed E-state index contributed by atoms with van der Waals surface area (Å²) >= 11 is 0. The van der Waals surface area contributed by atoms with Crippen LogP contribution in [0.15, 0.2) is 18.3 Å². The Morgan fingerprint density at radius 1 is 1.25 bits per heavy atom. The summed E-state index contributed by atoms with van der Waals surface area (Å²) in [4.78, 5) is 3.73. The number of halogens is 3. The second kappa shape index (κ2) is 5.97. The summed E-state index contributed by atoms with van der Waals surface area (Å²) in [5, 5.41) is 4.23. The van der Waals surface area contributed by atoms with Crippen LogP contribution < -0.4 is 4.74 Å². The molecule has 1 aliphatic heterocycles. The van der Waals surface area contributed by atoms with Gasteiger partial charge in [0, 0.05) is 39.4 Å². The van der Waals surface area contributed by atoms with Gasteiger partial charge in [-0.2, -0.15) is 13.2 Å². The van der Waals surface area contributed by atoms with Crippen LogP contribution in [0, 0.1) is 0 Å². The molecule has 0 amide bonds. The molecular weight excluding hydrogens is 271 g/mol. The number of pyridine rings is 1. The fraction of sp³-hybridized carbons (Fsp3) is 0.615. The van der Waals surface area contributed by atoms with Gasteiger partial charge in [0.05, 0.1) is 5.56 Å². The molecule has 1 saturated heterocycles. The first kappa shape index (κ1) is 15.1. The Morgan fingerprint density at radius 3 is 2.35 bits per heavy atom. The highest BCUT2D eigenvalue weighted by atomic mass is 19.4. The van der Waals surface area contributed by atoms with Crippen molar-refractivity contribution < 1.29 is 17.9 Å². The largest absolute Gasteiger partial charge is 0.474 e. The number of hydrogen-bond acceptors (Lipinski definition) is 4. The molecule has 0 saturated carbocycles. The minimum absolute atomic E-state index is 0.00966. The Labute approximate surface area is 116 Å². The van der Waals surface area contributed by atoms with Crippen molar-refractivity contribution in [1.82, 2.24) is 15.0 Å². The minimum atomic E-state index is -4.36. The first-order valence-corrected chi connectivity index (χ1v) is 6.48. The number of hydrogen-bond donors (Lipinski definition) is 0. The molecule has 1 aromatic heterocycles. The van der Waals surface area contributed by atoms with Crippen LogP contribution in [0.4, 0.5) is 13.2 Å². The standard InChI is InChI=1S/C13H18F3N3O/c1-18(2)19-7-5-11(6-8-19)20-12-4-3-10(9-17-12)13(14,15)16/h3-4,9,11H,5-8H2,1-2H3. The van der Waals surface area contributed by atoms with Crippen molar-refractivity contribution in [3.63, 3.8) is 0 Å². The lowest BCUT2D eigenvalue weighted by Gasteiger charge is -2.35. The number of hydrazine groups is 1. The van der Waals surface area contributed by atoms with Crippen LogP contribution in [0.3, 0.4) is 0 Å². The molecule has 0 unspecified atom stereocenters. The summed E-state index contributed by atoms with van der Waals surface area (Å²) in [5.41, 5.74) is -0.757. The maximum atomic E-state index is 12.4. The van der Waals surface area contributed by atoms with Gasteiger partial charge in [-0.05, 0) is 18.9 Å². The average molecular weight is 289 g/mol. The SMILES string of the molecule is CN(C)N1CCC(Oc2ccc(C(F)(F)F)cn2)CC1. The smallest absolute Gasteiger partial charge is 0.417 e. The van der Waals surface area contributed by atoms with E-state index in [-0.39, 0.29) is 12.0 Å². The fourth-order valence-electron chi connectivity index (χ4n) is 2.15. The van der Waals surface area contributed by atoms with Gasteiger partial charge in [0.1, 0.15) is 6.10 Å². The quantitative estimate of drug-likeness (QED) is 0.854. The van der Waals surface area contributed by atoms with Crippen LogP contribution >= 0.6 is 0 Å². The number of ether oxygens (including phenoxy) is 1. The molecule has 1 aromatic rings. The van der Waals surface area contributed by atoms with E-state index in [9.17, 15) is 13.2 Å². The van der Waals surface area contributed by atoms with E-state index in [0.29, 0.717) is 0 Å². The first-order chi connectivity index (χ1) is 9.36. The van der Waals surface area contributed by atoms with E-state index in [1.54, 1.807) is 0 Å². The molecule has 1 aliphatic rings. The number of nitrogens with zero attached hydrogens (tertiary/aromatic N) is 3. The van der Waals surface area contributed by atoms with Crippen molar-refractivity contribution in [2.75, 3.05) is 27.2 Å². The predicted molar refractivity (Wildman–Crippen MR) is 68.1 cm³/mol. The Bertz CT molecular complexity index is 425.